The lowest BCUT2D eigenvalue weighted by molar-refractivity contribution is 0.0473. The van der Waals surface area contributed by atoms with Crippen LogP contribution < -0.4 is 0 Å². The van der Waals surface area contributed by atoms with Crippen molar-refractivity contribution in [1.82, 2.24) is 4.90 Å². The summed E-state index contributed by atoms with van der Waals surface area (Å²) in [6.45, 7) is 3.44. The smallest absolute Gasteiger partial charge is 0.180 e. The van der Waals surface area contributed by atoms with Crippen LogP contribution in [-0.2, 0) is 4.74 Å². The lowest BCUT2D eigenvalue weighted by Crippen LogP contribution is -2.36. The molecule has 0 spiro atoms. The molecule has 1 unspecified atom stereocenters. The minimum atomic E-state index is -0.165. The van der Waals surface area contributed by atoms with Gasteiger partial charge in [0.15, 0.2) is 5.78 Å². The van der Waals surface area contributed by atoms with Crippen LogP contribution in [0.2, 0.25) is 0 Å². The van der Waals surface area contributed by atoms with Gasteiger partial charge in [0.1, 0.15) is 0 Å². The number of ketones is 1. The molecule has 0 N–H and O–H groups in total. The Morgan fingerprint density at radius 3 is 2.26 bits per heavy atom. The standard InChI is InChI=1S/C19H21NO2S/c21-18(16-7-3-1-4-8-16)19(17-9-5-2-6-10-17)23-15-20-11-13-22-14-12-20/h1-10,19H,11-15H2. The van der Waals surface area contributed by atoms with Crippen LogP contribution in [0.5, 0.6) is 0 Å². The summed E-state index contributed by atoms with van der Waals surface area (Å²) in [5.74, 6) is 1.02. The van der Waals surface area contributed by atoms with Crippen molar-refractivity contribution >= 4 is 17.5 Å². The van der Waals surface area contributed by atoms with E-state index < -0.39 is 0 Å². The Morgan fingerprint density at radius 1 is 1.00 bits per heavy atom. The van der Waals surface area contributed by atoms with Crippen LogP contribution in [0.25, 0.3) is 0 Å². The Bertz CT molecular complexity index is 612. The fourth-order valence-corrected chi connectivity index (χ4v) is 3.87. The summed E-state index contributed by atoms with van der Waals surface area (Å²) >= 11 is 1.70. The van der Waals surface area contributed by atoms with Gasteiger partial charge in [-0.05, 0) is 5.56 Å². The van der Waals surface area contributed by atoms with Crippen LogP contribution in [-0.4, -0.2) is 42.9 Å². The zero-order valence-electron chi connectivity index (χ0n) is 13.1. The zero-order chi connectivity index (χ0) is 15.9. The molecule has 0 aromatic heterocycles. The third-order valence-corrected chi connectivity index (χ3v) is 5.26. The minimum Gasteiger partial charge on any atom is -0.379 e. The normalized spacial score (nSPS) is 16.9. The summed E-state index contributed by atoms with van der Waals surface area (Å²) in [6.07, 6.45) is 0. The molecular formula is C19H21NO2S. The highest BCUT2D eigenvalue weighted by molar-refractivity contribution is 8.00. The number of Topliss-reactive ketones (excluding diaryl/α,β-unsaturated/α-hetero) is 1. The van der Waals surface area contributed by atoms with E-state index in [9.17, 15) is 4.79 Å². The number of ether oxygens (including phenoxy) is 1. The molecule has 3 nitrogen and oxygen atoms in total. The molecule has 0 bridgehead atoms. The first-order valence-electron chi connectivity index (χ1n) is 7.90. The van der Waals surface area contributed by atoms with E-state index >= 15 is 0 Å². The van der Waals surface area contributed by atoms with Gasteiger partial charge in [-0.3, -0.25) is 9.69 Å². The van der Waals surface area contributed by atoms with Gasteiger partial charge in [-0.2, -0.15) is 0 Å². The maximum absolute atomic E-state index is 13.0. The van der Waals surface area contributed by atoms with Crippen LogP contribution in [0, 0.1) is 0 Å². The van der Waals surface area contributed by atoms with E-state index in [4.69, 9.17) is 4.74 Å². The van der Waals surface area contributed by atoms with E-state index in [2.05, 4.69) is 4.90 Å². The van der Waals surface area contributed by atoms with Crippen molar-refractivity contribution in [1.29, 1.82) is 0 Å². The molecule has 2 aromatic rings. The summed E-state index contributed by atoms with van der Waals surface area (Å²) in [7, 11) is 0. The molecule has 23 heavy (non-hydrogen) atoms. The molecule has 1 aliphatic heterocycles. The van der Waals surface area contributed by atoms with Crippen LogP contribution in [0.3, 0.4) is 0 Å². The predicted molar refractivity (Wildman–Crippen MR) is 94.8 cm³/mol. The minimum absolute atomic E-state index is 0.165. The first kappa shape index (κ1) is 16.2. The van der Waals surface area contributed by atoms with Crippen molar-refractivity contribution in [2.24, 2.45) is 0 Å². The van der Waals surface area contributed by atoms with Crippen molar-refractivity contribution in [3.05, 3.63) is 71.8 Å². The number of benzene rings is 2. The van der Waals surface area contributed by atoms with Crippen LogP contribution >= 0.6 is 11.8 Å². The monoisotopic (exact) mass is 327 g/mol. The van der Waals surface area contributed by atoms with E-state index in [-0.39, 0.29) is 11.0 Å². The molecule has 0 saturated carbocycles. The SMILES string of the molecule is O=C(c1ccccc1)C(SCN1CCOCC1)c1ccccc1. The van der Waals surface area contributed by atoms with Gasteiger partial charge >= 0.3 is 0 Å². The number of morpholine rings is 1. The highest BCUT2D eigenvalue weighted by atomic mass is 32.2. The van der Waals surface area contributed by atoms with Gasteiger partial charge in [-0.25, -0.2) is 0 Å². The molecule has 1 atom stereocenters. The van der Waals surface area contributed by atoms with E-state index in [1.54, 1.807) is 11.8 Å². The van der Waals surface area contributed by atoms with Crippen LogP contribution in [0.15, 0.2) is 60.7 Å². The number of thioether (sulfide) groups is 1. The Hall–Kier alpha value is -1.62. The molecule has 120 valence electrons. The molecule has 1 saturated heterocycles. The summed E-state index contributed by atoms with van der Waals surface area (Å²) in [5.41, 5.74) is 1.84. The molecule has 1 aliphatic rings. The van der Waals surface area contributed by atoms with Gasteiger partial charge in [0.25, 0.3) is 0 Å². The molecule has 1 heterocycles. The Morgan fingerprint density at radius 2 is 1.61 bits per heavy atom. The number of nitrogens with zero attached hydrogens (tertiary/aromatic N) is 1. The van der Waals surface area contributed by atoms with E-state index in [0.29, 0.717) is 0 Å². The fourth-order valence-electron chi connectivity index (χ4n) is 2.62. The number of rotatable bonds is 6. The van der Waals surface area contributed by atoms with E-state index in [1.165, 1.54) is 0 Å². The lowest BCUT2D eigenvalue weighted by Gasteiger charge is -2.27. The van der Waals surface area contributed by atoms with Gasteiger partial charge in [0.05, 0.1) is 18.5 Å². The average Bonchev–Trinajstić information content (AvgIpc) is 2.64. The van der Waals surface area contributed by atoms with Gasteiger partial charge in [-0.1, -0.05) is 60.7 Å². The number of carbonyl (C=O) groups is 1. The van der Waals surface area contributed by atoms with Crippen molar-refractivity contribution in [3.63, 3.8) is 0 Å². The summed E-state index contributed by atoms with van der Waals surface area (Å²) < 4.78 is 5.39. The first-order chi connectivity index (χ1) is 11.3. The Balaban J connectivity index is 1.75. The molecule has 2 aromatic carbocycles. The van der Waals surface area contributed by atoms with Gasteiger partial charge in [0, 0.05) is 24.5 Å². The highest BCUT2D eigenvalue weighted by Crippen LogP contribution is 2.33. The van der Waals surface area contributed by atoms with Crippen molar-refractivity contribution < 1.29 is 9.53 Å². The third kappa shape index (κ3) is 4.44. The number of carbonyl (C=O) groups excluding carboxylic acids is 1. The van der Waals surface area contributed by atoms with Crippen LogP contribution in [0.1, 0.15) is 21.2 Å². The Kier molecular flexibility index (Phi) is 5.86. The first-order valence-corrected chi connectivity index (χ1v) is 8.95. The van der Waals surface area contributed by atoms with Crippen molar-refractivity contribution in [3.8, 4) is 0 Å². The maximum atomic E-state index is 13.0. The molecule has 1 fully saturated rings. The average molecular weight is 327 g/mol. The molecule has 3 rings (SSSR count). The second kappa shape index (κ2) is 8.29. The second-order valence-corrected chi connectivity index (χ2v) is 6.61. The van der Waals surface area contributed by atoms with E-state index in [0.717, 1.165) is 43.3 Å². The molecule has 0 radical (unpaired) electrons. The quantitative estimate of drug-likeness (QED) is 0.758. The molecular weight excluding hydrogens is 306 g/mol. The van der Waals surface area contributed by atoms with Crippen LogP contribution in [0.4, 0.5) is 0 Å². The summed E-state index contributed by atoms with van der Waals surface area (Å²) in [4.78, 5) is 15.3. The van der Waals surface area contributed by atoms with Gasteiger partial charge in [0.2, 0.25) is 0 Å². The second-order valence-electron chi connectivity index (χ2n) is 5.55. The number of hydrogen-bond donors (Lipinski definition) is 0. The maximum Gasteiger partial charge on any atom is 0.180 e. The topological polar surface area (TPSA) is 29.5 Å². The molecule has 0 amide bonds. The lowest BCUT2D eigenvalue weighted by atomic mass is 10.0. The summed E-state index contributed by atoms with van der Waals surface area (Å²) in [6, 6.07) is 19.6. The van der Waals surface area contributed by atoms with Crippen molar-refractivity contribution in [2.45, 2.75) is 5.25 Å². The highest BCUT2D eigenvalue weighted by Gasteiger charge is 2.23. The largest absolute Gasteiger partial charge is 0.379 e. The molecule has 0 aliphatic carbocycles. The zero-order valence-corrected chi connectivity index (χ0v) is 13.9. The van der Waals surface area contributed by atoms with E-state index in [1.807, 2.05) is 60.7 Å². The van der Waals surface area contributed by atoms with Crippen molar-refractivity contribution in [2.75, 3.05) is 32.2 Å². The van der Waals surface area contributed by atoms with Gasteiger partial charge < -0.3 is 4.74 Å². The third-order valence-electron chi connectivity index (χ3n) is 3.93. The Labute approximate surface area is 141 Å². The number of hydrogen-bond acceptors (Lipinski definition) is 4. The van der Waals surface area contributed by atoms with Gasteiger partial charge in [-0.15, -0.1) is 11.8 Å². The summed E-state index contributed by atoms with van der Waals surface area (Å²) in [5, 5.41) is -0.165. The fraction of sp³-hybridized carbons (Fsp3) is 0.316. The molecule has 4 heteroatoms. The predicted octanol–water partition coefficient (Wildman–Crippen LogP) is 3.63.